The molecule has 0 bridgehead atoms. The molecule has 0 aliphatic heterocycles. The summed E-state index contributed by atoms with van der Waals surface area (Å²) >= 11 is 0. The van der Waals surface area contributed by atoms with Crippen LogP contribution >= 0.6 is 0 Å². The summed E-state index contributed by atoms with van der Waals surface area (Å²) in [4.78, 5) is 22.3. The van der Waals surface area contributed by atoms with Crippen LogP contribution in [-0.2, 0) is 26.0 Å². The number of carboxylic acid groups (broad SMARTS) is 1. The van der Waals surface area contributed by atoms with Crippen molar-refractivity contribution in [1.29, 1.82) is 0 Å². The Morgan fingerprint density at radius 3 is 2.13 bits per heavy atom. The molecular formula is C16H14O6S. The Labute approximate surface area is 133 Å². The summed E-state index contributed by atoms with van der Waals surface area (Å²) < 4.78 is 28.6. The third-order valence-electron chi connectivity index (χ3n) is 2.98. The molecule has 2 aromatic rings. The van der Waals surface area contributed by atoms with E-state index >= 15 is 0 Å². The molecule has 0 heterocycles. The number of rotatable bonds is 6. The largest absolute Gasteiger partial charge is 0.480 e. The van der Waals surface area contributed by atoms with E-state index in [0.29, 0.717) is 0 Å². The number of sulfone groups is 1. The molecule has 0 unspecified atom stereocenters. The smallest absolute Gasteiger partial charge is 0.338 e. The summed E-state index contributed by atoms with van der Waals surface area (Å²) in [6.07, 6.45) is 0. The highest BCUT2D eigenvalue weighted by Gasteiger charge is 2.19. The van der Waals surface area contributed by atoms with Crippen LogP contribution in [0.1, 0.15) is 15.9 Å². The lowest BCUT2D eigenvalue weighted by molar-refractivity contribution is -0.134. The fourth-order valence-corrected chi connectivity index (χ4v) is 2.89. The number of carbonyl (C=O) groups excluding carboxylic acids is 1. The summed E-state index contributed by atoms with van der Waals surface area (Å²) in [5.74, 6) is -3.02. The molecule has 2 aromatic carbocycles. The molecule has 0 saturated carbocycles. The van der Waals surface area contributed by atoms with Gasteiger partial charge in [0, 0.05) is 0 Å². The Hall–Kier alpha value is -2.67. The van der Waals surface area contributed by atoms with Gasteiger partial charge in [-0.1, -0.05) is 30.3 Å². The van der Waals surface area contributed by atoms with Crippen molar-refractivity contribution in [3.05, 3.63) is 65.7 Å². The normalized spacial score (nSPS) is 11.0. The number of carboxylic acids is 1. The summed E-state index contributed by atoms with van der Waals surface area (Å²) in [6.45, 7) is 0.110. The van der Waals surface area contributed by atoms with Crippen molar-refractivity contribution in [3.63, 3.8) is 0 Å². The van der Waals surface area contributed by atoms with Gasteiger partial charge in [-0.2, -0.15) is 0 Å². The van der Waals surface area contributed by atoms with Crippen molar-refractivity contribution in [2.75, 3.05) is 5.75 Å². The molecule has 120 valence electrons. The Bertz CT molecular complexity index is 794. The maximum atomic E-state index is 11.9. The molecule has 0 amide bonds. The summed E-state index contributed by atoms with van der Waals surface area (Å²) in [7, 11) is -3.91. The van der Waals surface area contributed by atoms with Gasteiger partial charge < -0.3 is 9.84 Å². The first-order chi connectivity index (χ1) is 10.9. The number of hydrogen-bond acceptors (Lipinski definition) is 5. The maximum Gasteiger partial charge on any atom is 0.338 e. The van der Waals surface area contributed by atoms with Crippen LogP contribution in [0, 0.1) is 0 Å². The molecule has 0 radical (unpaired) electrons. The molecule has 1 N–H and O–H groups in total. The van der Waals surface area contributed by atoms with Crippen molar-refractivity contribution < 1.29 is 27.9 Å². The minimum absolute atomic E-state index is 0.110. The van der Waals surface area contributed by atoms with Crippen molar-refractivity contribution in [2.24, 2.45) is 0 Å². The highest BCUT2D eigenvalue weighted by molar-refractivity contribution is 7.92. The Balaban J connectivity index is 2.04. The van der Waals surface area contributed by atoms with Gasteiger partial charge in [-0.15, -0.1) is 0 Å². The number of aliphatic carboxylic acids is 1. The molecule has 0 aliphatic rings. The predicted molar refractivity (Wildman–Crippen MR) is 81.7 cm³/mol. The monoisotopic (exact) mass is 334 g/mol. The number of hydrogen-bond donors (Lipinski definition) is 1. The zero-order valence-corrected chi connectivity index (χ0v) is 12.8. The standard InChI is InChI=1S/C16H14O6S/c17-15(18)11-23(20,21)14-8-6-13(7-9-14)16(19)22-10-12-4-2-1-3-5-12/h1-9H,10-11H2,(H,17,18). The van der Waals surface area contributed by atoms with Gasteiger partial charge in [0.2, 0.25) is 0 Å². The van der Waals surface area contributed by atoms with Crippen LogP contribution in [0.5, 0.6) is 0 Å². The van der Waals surface area contributed by atoms with Crippen LogP contribution in [0.3, 0.4) is 0 Å². The molecule has 0 aliphatic carbocycles. The average molecular weight is 334 g/mol. The second kappa shape index (κ2) is 7.06. The van der Waals surface area contributed by atoms with Crippen LogP contribution in [-0.4, -0.2) is 31.2 Å². The van der Waals surface area contributed by atoms with Crippen LogP contribution < -0.4 is 0 Å². The third kappa shape index (κ3) is 4.65. The lowest BCUT2D eigenvalue weighted by Gasteiger charge is -2.06. The lowest BCUT2D eigenvalue weighted by Crippen LogP contribution is -2.15. The van der Waals surface area contributed by atoms with E-state index in [1.54, 1.807) is 0 Å². The number of carbonyl (C=O) groups is 2. The van der Waals surface area contributed by atoms with E-state index < -0.39 is 27.5 Å². The zero-order valence-electron chi connectivity index (χ0n) is 12.0. The van der Waals surface area contributed by atoms with E-state index in [4.69, 9.17) is 9.84 Å². The molecule has 0 atom stereocenters. The number of benzene rings is 2. The van der Waals surface area contributed by atoms with Gasteiger partial charge in [0.1, 0.15) is 6.61 Å². The van der Waals surface area contributed by atoms with Gasteiger partial charge >= 0.3 is 11.9 Å². The summed E-state index contributed by atoms with van der Waals surface area (Å²) in [6, 6.07) is 14.1. The topological polar surface area (TPSA) is 97.7 Å². The van der Waals surface area contributed by atoms with Crippen molar-refractivity contribution in [3.8, 4) is 0 Å². The number of esters is 1. The van der Waals surface area contributed by atoms with Crippen molar-refractivity contribution >= 4 is 21.8 Å². The van der Waals surface area contributed by atoms with Crippen molar-refractivity contribution in [2.45, 2.75) is 11.5 Å². The van der Waals surface area contributed by atoms with Gasteiger partial charge in [0.25, 0.3) is 0 Å². The molecule has 0 saturated heterocycles. The minimum atomic E-state index is -3.91. The third-order valence-corrected chi connectivity index (χ3v) is 4.59. The van der Waals surface area contributed by atoms with Gasteiger partial charge in [-0.25, -0.2) is 13.2 Å². The molecule has 7 heteroatoms. The van der Waals surface area contributed by atoms with Crippen LogP contribution in [0.25, 0.3) is 0 Å². The molecular weight excluding hydrogens is 320 g/mol. The van der Waals surface area contributed by atoms with Crippen LogP contribution in [0.15, 0.2) is 59.5 Å². The fourth-order valence-electron chi connectivity index (χ4n) is 1.85. The minimum Gasteiger partial charge on any atom is -0.480 e. The number of ether oxygens (including phenoxy) is 1. The van der Waals surface area contributed by atoms with Crippen LogP contribution in [0.2, 0.25) is 0 Å². The highest BCUT2D eigenvalue weighted by Crippen LogP contribution is 2.14. The van der Waals surface area contributed by atoms with Gasteiger partial charge in [-0.05, 0) is 29.8 Å². The first-order valence-electron chi connectivity index (χ1n) is 6.64. The van der Waals surface area contributed by atoms with E-state index in [1.807, 2.05) is 30.3 Å². The van der Waals surface area contributed by atoms with E-state index in [0.717, 1.165) is 5.56 Å². The summed E-state index contributed by atoms with van der Waals surface area (Å²) in [5.41, 5.74) is 1.02. The molecule has 0 spiro atoms. The zero-order chi connectivity index (χ0) is 16.9. The van der Waals surface area contributed by atoms with Gasteiger partial charge in [-0.3, -0.25) is 4.79 Å². The van der Waals surface area contributed by atoms with E-state index in [9.17, 15) is 18.0 Å². The SMILES string of the molecule is O=C(O)CS(=O)(=O)c1ccc(C(=O)OCc2ccccc2)cc1. The molecule has 0 aromatic heterocycles. The molecule has 0 fully saturated rings. The van der Waals surface area contributed by atoms with Crippen molar-refractivity contribution in [1.82, 2.24) is 0 Å². The van der Waals surface area contributed by atoms with E-state index in [1.165, 1.54) is 24.3 Å². The first-order valence-corrected chi connectivity index (χ1v) is 8.29. The molecule has 23 heavy (non-hydrogen) atoms. The van der Waals surface area contributed by atoms with Crippen LogP contribution in [0.4, 0.5) is 0 Å². The lowest BCUT2D eigenvalue weighted by atomic mass is 10.2. The fraction of sp³-hybridized carbons (Fsp3) is 0.125. The van der Waals surface area contributed by atoms with Gasteiger partial charge in [0.15, 0.2) is 15.6 Å². The average Bonchev–Trinajstić information content (AvgIpc) is 2.52. The Kier molecular flexibility index (Phi) is 5.13. The van der Waals surface area contributed by atoms with E-state index in [-0.39, 0.29) is 17.1 Å². The van der Waals surface area contributed by atoms with Gasteiger partial charge in [0.05, 0.1) is 10.5 Å². The summed E-state index contributed by atoms with van der Waals surface area (Å²) in [5, 5.41) is 8.58. The molecule has 2 rings (SSSR count). The molecule has 6 nitrogen and oxygen atoms in total. The first kappa shape index (κ1) is 16.7. The highest BCUT2D eigenvalue weighted by atomic mass is 32.2. The predicted octanol–water partition coefficient (Wildman–Crippen LogP) is 1.90. The van der Waals surface area contributed by atoms with E-state index in [2.05, 4.69) is 0 Å². The second-order valence-corrected chi connectivity index (χ2v) is 6.73. The Morgan fingerprint density at radius 2 is 1.57 bits per heavy atom. The Morgan fingerprint density at radius 1 is 0.957 bits per heavy atom. The quantitative estimate of drug-likeness (QED) is 0.810. The maximum absolute atomic E-state index is 11.9. The second-order valence-electron chi connectivity index (χ2n) is 4.74.